The Balaban J connectivity index is 2.31. The van der Waals surface area contributed by atoms with Crippen LogP contribution in [0.2, 0.25) is 0 Å². The highest BCUT2D eigenvalue weighted by molar-refractivity contribution is 9.10. The first-order chi connectivity index (χ1) is 9.79. The van der Waals surface area contributed by atoms with Crippen molar-refractivity contribution in [2.45, 2.75) is 4.90 Å². The number of nitro groups is 1. The molecule has 0 atom stereocenters. The Labute approximate surface area is 127 Å². The van der Waals surface area contributed by atoms with E-state index in [0.717, 1.165) is 30.3 Å². The molecule has 1 N–H and O–H groups in total. The first-order valence-electron chi connectivity index (χ1n) is 5.52. The second kappa shape index (κ2) is 5.78. The summed E-state index contributed by atoms with van der Waals surface area (Å²) in [7, 11) is -4.02. The molecule has 110 valence electrons. The summed E-state index contributed by atoms with van der Waals surface area (Å²) in [5.41, 5.74) is -0.444. The number of anilines is 1. The fraction of sp³-hybridized carbons (Fsp3) is 0. The molecular weight excluding hydrogens is 367 g/mol. The first kappa shape index (κ1) is 15.4. The van der Waals surface area contributed by atoms with Gasteiger partial charge in [0.25, 0.3) is 15.7 Å². The van der Waals surface area contributed by atoms with Gasteiger partial charge in [0.2, 0.25) is 0 Å². The van der Waals surface area contributed by atoms with Gasteiger partial charge in [-0.05, 0) is 30.3 Å². The van der Waals surface area contributed by atoms with Crippen molar-refractivity contribution in [2.75, 3.05) is 4.72 Å². The molecule has 0 radical (unpaired) electrons. The number of halogens is 2. The number of hydrogen-bond acceptors (Lipinski definition) is 4. The maximum absolute atomic E-state index is 13.6. The van der Waals surface area contributed by atoms with Crippen LogP contribution in [-0.4, -0.2) is 13.3 Å². The van der Waals surface area contributed by atoms with Crippen molar-refractivity contribution in [1.82, 2.24) is 0 Å². The Morgan fingerprint density at radius 2 is 1.76 bits per heavy atom. The zero-order valence-electron chi connectivity index (χ0n) is 10.3. The average Bonchev–Trinajstić information content (AvgIpc) is 2.42. The third kappa shape index (κ3) is 3.56. The summed E-state index contributed by atoms with van der Waals surface area (Å²) in [6, 6.07) is 8.15. The van der Waals surface area contributed by atoms with Crippen LogP contribution in [0.15, 0.2) is 51.8 Å². The second-order valence-electron chi connectivity index (χ2n) is 3.98. The molecule has 2 rings (SSSR count). The van der Waals surface area contributed by atoms with Gasteiger partial charge in [-0.2, -0.15) is 0 Å². The molecule has 0 spiro atoms. The highest BCUT2D eigenvalue weighted by Crippen LogP contribution is 2.23. The lowest BCUT2D eigenvalue weighted by Crippen LogP contribution is -2.14. The van der Waals surface area contributed by atoms with Crippen LogP contribution in [-0.2, 0) is 10.0 Å². The minimum absolute atomic E-state index is 0.199. The number of nitrogens with one attached hydrogen (secondary N) is 1. The molecule has 0 aliphatic heterocycles. The van der Waals surface area contributed by atoms with E-state index in [4.69, 9.17) is 0 Å². The smallest absolute Gasteiger partial charge is 0.269 e. The van der Waals surface area contributed by atoms with Gasteiger partial charge in [0.15, 0.2) is 0 Å². The van der Waals surface area contributed by atoms with E-state index in [1.165, 1.54) is 12.1 Å². The first-order valence-corrected chi connectivity index (χ1v) is 7.79. The molecule has 0 unspecified atom stereocenters. The monoisotopic (exact) mass is 374 g/mol. The van der Waals surface area contributed by atoms with Crippen molar-refractivity contribution in [1.29, 1.82) is 0 Å². The van der Waals surface area contributed by atoms with Gasteiger partial charge >= 0.3 is 0 Å². The SMILES string of the molecule is O=[N+]([O-])c1ccc(S(=O)(=O)Nc2ccc(Br)cc2F)cc1. The number of nitro benzene ring substituents is 1. The van der Waals surface area contributed by atoms with Crippen LogP contribution in [0.5, 0.6) is 0 Å². The topological polar surface area (TPSA) is 89.3 Å². The largest absolute Gasteiger partial charge is 0.277 e. The van der Waals surface area contributed by atoms with Gasteiger partial charge in [-0.25, -0.2) is 12.8 Å². The number of hydrogen-bond donors (Lipinski definition) is 1. The van der Waals surface area contributed by atoms with Crippen LogP contribution < -0.4 is 4.72 Å². The van der Waals surface area contributed by atoms with Crippen molar-refractivity contribution in [3.63, 3.8) is 0 Å². The minimum atomic E-state index is -4.02. The normalized spacial score (nSPS) is 11.1. The van der Waals surface area contributed by atoms with Crippen LogP contribution in [0.4, 0.5) is 15.8 Å². The predicted octanol–water partition coefficient (Wildman–Crippen LogP) is 3.30. The highest BCUT2D eigenvalue weighted by atomic mass is 79.9. The van der Waals surface area contributed by atoms with Crippen molar-refractivity contribution < 1.29 is 17.7 Å². The van der Waals surface area contributed by atoms with Gasteiger partial charge in [0, 0.05) is 16.6 Å². The van der Waals surface area contributed by atoms with Crippen molar-refractivity contribution >= 4 is 37.3 Å². The van der Waals surface area contributed by atoms with E-state index in [1.54, 1.807) is 0 Å². The molecule has 0 aliphatic rings. The summed E-state index contributed by atoms with van der Waals surface area (Å²) in [6.07, 6.45) is 0. The predicted molar refractivity (Wildman–Crippen MR) is 78.0 cm³/mol. The lowest BCUT2D eigenvalue weighted by Gasteiger charge is -2.09. The van der Waals surface area contributed by atoms with Crippen LogP contribution in [0.1, 0.15) is 0 Å². The van der Waals surface area contributed by atoms with Gasteiger partial charge in [0.1, 0.15) is 5.82 Å². The molecule has 0 aliphatic carbocycles. The third-order valence-corrected chi connectivity index (χ3v) is 4.41. The fourth-order valence-electron chi connectivity index (χ4n) is 1.52. The van der Waals surface area contributed by atoms with Gasteiger partial charge in [-0.15, -0.1) is 0 Å². The second-order valence-corrected chi connectivity index (χ2v) is 6.58. The summed E-state index contributed by atoms with van der Waals surface area (Å²) >= 11 is 3.06. The van der Waals surface area contributed by atoms with Crippen LogP contribution in [0.25, 0.3) is 0 Å². The Bertz CT molecular complexity index is 793. The summed E-state index contributed by atoms with van der Waals surface area (Å²) in [6.45, 7) is 0. The molecule has 21 heavy (non-hydrogen) atoms. The maximum Gasteiger partial charge on any atom is 0.269 e. The van der Waals surface area contributed by atoms with Gasteiger partial charge in [-0.1, -0.05) is 15.9 Å². The summed E-state index contributed by atoms with van der Waals surface area (Å²) in [5.74, 6) is -0.741. The van der Waals surface area contributed by atoms with E-state index >= 15 is 0 Å². The van der Waals surface area contributed by atoms with E-state index < -0.39 is 20.8 Å². The number of rotatable bonds is 4. The summed E-state index contributed by atoms with van der Waals surface area (Å²) in [5, 5.41) is 10.5. The molecule has 0 bridgehead atoms. The molecule has 0 heterocycles. The van der Waals surface area contributed by atoms with Crippen molar-refractivity contribution in [2.24, 2.45) is 0 Å². The highest BCUT2D eigenvalue weighted by Gasteiger charge is 2.17. The molecule has 0 fully saturated rings. The minimum Gasteiger partial charge on any atom is -0.277 e. The number of sulfonamides is 1. The molecule has 0 saturated heterocycles. The van der Waals surface area contributed by atoms with Gasteiger partial charge < -0.3 is 0 Å². The summed E-state index contributed by atoms with van der Waals surface area (Å²) in [4.78, 5) is 9.68. The lowest BCUT2D eigenvalue weighted by atomic mass is 10.3. The quantitative estimate of drug-likeness (QED) is 0.656. The fourth-order valence-corrected chi connectivity index (χ4v) is 2.92. The number of nitrogens with zero attached hydrogens (tertiary/aromatic N) is 1. The third-order valence-electron chi connectivity index (χ3n) is 2.53. The molecule has 9 heteroatoms. The Morgan fingerprint density at radius 3 is 2.29 bits per heavy atom. The van der Waals surface area contributed by atoms with Crippen molar-refractivity contribution in [3.05, 3.63) is 62.9 Å². The van der Waals surface area contributed by atoms with Gasteiger partial charge in [0.05, 0.1) is 15.5 Å². The zero-order valence-corrected chi connectivity index (χ0v) is 12.7. The lowest BCUT2D eigenvalue weighted by molar-refractivity contribution is -0.384. The zero-order chi connectivity index (χ0) is 15.6. The number of benzene rings is 2. The van der Waals surface area contributed by atoms with Crippen LogP contribution >= 0.6 is 15.9 Å². The Hall–Kier alpha value is -2.00. The molecular formula is C12H8BrFN2O4S. The standard InChI is InChI=1S/C12H8BrFN2O4S/c13-8-1-6-12(11(14)7-8)15-21(19,20)10-4-2-9(3-5-10)16(17)18/h1-7,15H. The Morgan fingerprint density at radius 1 is 1.14 bits per heavy atom. The molecule has 6 nitrogen and oxygen atoms in total. The van der Waals surface area contributed by atoms with E-state index in [2.05, 4.69) is 20.7 Å². The molecule has 2 aromatic rings. The average molecular weight is 375 g/mol. The van der Waals surface area contributed by atoms with E-state index in [1.807, 2.05) is 0 Å². The molecule has 2 aromatic carbocycles. The number of non-ortho nitro benzene ring substituents is 1. The molecule has 0 amide bonds. The molecule has 0 aromatic heterocycles. The Kier molecular flexibility index (Phi) is 4.24. The van der Waals surface area contributed by atoms with Crippen molar-refractivity contribution in [3.8, 4) is 0 Å². The van der Waals surface area contributed by atoms with Crippen LogP contribution in [0, 0.1) is 15.9 Å². The van der Waals surface area contributed by atoms with Crippen LogP contribution in [0.3, 0.4) is 0 Å². The van der Waals surface area contributed by atoms with E-state index in [9.17, 15) is 22.9 Å². The van der Waals surface area contributed by atoms with E-state index in [-0.39, 0.29) is 16.3 Å². The summed E-state index contributed by atoms with van der Waals surface area (Å²) < 4.78 is 40.3. The van der Waals surface area contributed by atoms with E-state index in [0.29, 0.717) is 4.47 Å². The molecule has 0 saturated carbocycles. The maximum atomic E-state index is 13.6. The van der Waals surface area contributed by atoms with Gasteiger partial charge in [-0.3, -0.25) is 14.8 Å².